The zero-order valence-electron chi connectivity index (χ0n) is 16.8. The number of thioether (sulfide) groups is 1. The third kappa shape index (κ3) is 4.67. The van der Waals surface area contributed by atoms with Crippen molar-refractivity contribution in [3.63, 3.8) is 0 Å². The Bertz CT molecular complexity index is 957. The number of rotatable bonds is 7. The van der Waals surface area contributed by atoms with Crippen molar-refractivity contribution in [2.45, 2.75) is 11.7 Å². The molecule has 0 radical (unpaired) electrons. The molecule has 2 aromatic rings. The third-order valence-electron chi connectivity index (χ3n) is 4.73. The van der Waals surface area contributed by atoms with Gasteiger partial charge in [0.2, 0.25) is 0 Å². The van der Waals surface area contributed by atoms with Gasteiger partial charge in [-0.2, -0.15) is 0 Å². The molecule has 1 aliphatic heterocycles. The molecule has 2 aromatic carbocycles. The monoisotopic (exact) mass is 446 g/mol. The van der Waals surface area contributed by atoms with Crippen molar-refractivity contribution in [3.8, 4) is 0 Å². The molecule has 1 heterocycles. The van der Waals surface area contributed by atoms with E-state index in [9.17, 15) is 0 Å². The molecule has 1 unspecified atom stereocenters. The van der Waals surface area contributed by atoms with Crippen LogP contribution in [0, 0.1) is 0 Å². The molecular formula is C23H24Cl2N2OS. The Kier molecular flexibility index (Phi) is 7.01. The molecular weight excluding hydrogens is 423 g/mol. The standard InChI is InChI=1S/C23H24Cl2N2OS/c1-15(19-12-11-18(24)13-20(19)25)27(26(3)4)21-14-22(17-9-7-6-8-10-17)29-23(21)16(2)28-5/h6-13,22H,1-2,14H2,3-5H3. The Morgan fingerprint density at radius 3 is 2.38 bits per heavy atom. The van der Waals surface area contributed by atoms with Gasteiger partial charge in [-0.1, -0.05) is 66.7 Å². The first-order valence-electron chi connectivity index (χ1n) is 9.13. The summed E-state index contributed by atoms with van der Waals surface area (Å²) in [6, 6.07) is 15.9. The molecule has 0 aliphatic carbocycles. The number of hydrazine groups is 1. The van der Waals surface area contributed by atoms with Crippen molar-refractivity contribution >= 4 is 40.7 Å². The molecule has 0 amide bonds. The van der Waals surface area contributed by atoms with Gasteiger partial charge in [-0.25, -0.2) is 5.01 Å². The second kappa shape index (κ2) is 9.31. The SMILES string of the molecule is C=C(OC)C1=C(N(C(=C)c2ccc(Cl)cc2Cl)N(C)C)CC(c2ccccc2)S1. The van der Waals surface area contributed by atoms with Crippen LogP contribution in [-0.2, 0) is 4.74 Å². The normalized spacial score (nSPS) is 16.3. The van der Waals surface area contributed by atoms with Gasteiger partial charge in [-0.3, -0.25) is 5.01 Å². The van der Waals surface area contributed by atoms with E-state index in [1.54, 1.807) is 24.9 Å². The number of halogens is 2. The molecule has 3 rings (SSSR count). The highest BCUT2D eigenvalue weighted by Crippen LogP contribution is 2.52. The number of nitrogens with zero attached hydrogens (tertiary/aromatic N) is 2. The van der Waals surface area contributed by atoms with Gasteiger partial charge in [-0.05, 0) is 23.8 Å². The smallest absolute Gasteiger partial charge is 0.127 e. The molecule has 3 nitrogen and oxygen atoms in total. The maximum Gasteiger partial charge on any atom is 0.127 e. The summed E-state index contributed by atoms with van der Waals surface area (Å²) in [7, 11) is 5.61. The van der Waals surface area contributed by atoms with Crippen LogP contribution in [-0.4, -0.2) is 31.2 Å². The molecule has 0 saturated carbocycles. The molecule has 0 fully saturated rings. The van der Waals surface area contributed by atoms with E-state index in [2.05, 4.69) is 42.4 Å². The summed E-state index contributed by atoms with van der Waals surface area (Å²) in [5.74, 6) is 0.644. The number of methoxy groups -OCH3 is 1. The summed E-state index contributed by atoms with van der Waals surface area (Å²) < 4.78 is 5.51. The molecule has 152 valence electrons. The second-order valence-corrected chi connectivity index (χ2v) is 8.91. The van der Waals surface area contributed by atoms with E-state index >= 15 is 0 Å². The first-order valence-corrected chi connectivity index (χ1v) is 10.8. The van der Waals surface area contributed by atoms with Gasteiger partial charge < -0.3 is 4.74 Å². The van der Waals surface area contributed by atoms with Crippen molar-refractivity contribution in [2.24, 2.45) is 0 Å². The van der Waals surface area contributed by atoms with Crippen LogP contribution in [0.2, 0.25) is 10.0 Å². The van der Waals surface area contributed by atoms with Crippen LogP contribution < -0.4 is 0 Å². The molecule has 0 N–H and O–H groups in total. The van der Waals surface area contributed by atoms with Gasteiger partial charge in [-0.15, -0.1) is 11.8 Å². The molecule has 1 aliphatic rings. The summed E-state index contributed by atoms with van der Waals surface area (Å²) in [4.78, 5) is 1.02. The number of hydrogen-bond donors (Lipinski definition) is 0. The lowest BCUT2D eigenvalue weighted by Crippen LogP contribution is -2.35. The highest BCUT2D eigenvalue weighted by molar-refractivity contribution is 8.03. The van der Waals surface area contributed by atoms with Gasteiger partial charge in [0.25, 0.3) is 0 Å². The van der Waals surface area contributed by atoms with Crippen LogP contribution in [0.1, 0.15) is 22.8 Å². The van der Waals surface area contributed by atoms with E-state index < -0.39 is 0 Å². The van der Waals surface area contributed by atoms with E-state index in [-0.39, 0.29) is 5.25 Å². The topological polar surface area (TPSA) is 15.7 Å². The molecule has 0 aromatic heterocycles. The van der Waals surface area contributed by atoms with Crippen LogP contribution in [0.15, 0.2) is 78.1 Å². The van der Waals surface area contributed by atoms with Crippen LogP contribution in [0.3, 0.4) is 0 Å². The molecule has 0 saturated heterocycles. The Morgan fingerprint density at radius 2 is 1.79 bits per heavy atom. The average Bonchev–Trinajstić information content (AvgIpc) is 3.12. The lowest BCUT2D eigenvalue weighted by molar-refractivity contribution is 0.134. The highest BCUT2D eigenvalue weighted by atomic mass is 35.5. The van der Waals surface area contributed by atoms with Gasteiger partial charge in [0.1, 0.15) is 5.76 Å². The fourth-order valence-electron chi connectivity index (χ4n) is 3.36. The lowest BCUT2D eigenvalue weighted by atomic mass is 10.1. The van der Waals surface area contributed by atoms with E-state index in [0.717, 1.165) is 28.3 Å². The van der Waals surface area contributed by atoms with Crippen molar-refractivity contribution in [2.75, 3.05) is 21.2 Å². The number of ether oxygens (including phenoxy) is 1. The van der Waals surface area contributed by atoms with Crippen molar-refractivity contribution in [1.29, 1.82) is 0 Å². The predicted octanol–water partition coefficient (Wildman–Crippen LogP) is 6.99. The first kappa shape index (κ1) is 21.8. The zero-order valence-corrected chi connectivity index (χ0v) is 19.1. The van der Waals surface area contributed by atoms with Crippen molar-refractivity contribution in [3.05, 3.63) is 99.2 Å². The summed E-state index contributed by atoms with van der Waals surface area (Å²) >= 11 is 14.3. The molecule has 1 atom stereocenters. The minimum absolute atomic E-state index is 0.268. The third-order valence-corrected chi connectivity index (χ3v) is 6.70. The number of hydrogen-bond acceptors (Lipinski definition) is 4. The maximum absolute atomic E-state index is 6.48. The van der Waals surface area contributed by atoms with E-state index in [4.69, 9.17) is 27.9 Å². The largest absolute Gasteiger partial charge is 0.496 e. The van der Waals surface area contributed by atoms with Gasteiger partial charge in [0, 0.05) is 36.4 Å². The van der Waals surface area contributed by atoms with Crippen LogP contribution >= 0.6 is 35.0 Å². The van der Waals surface area contributed by atoms with E-state index in [1.807, 2.05) is 37.3 Å². The number of allylic oxidation sites excluding steroid dienone is 1. The summed E-state index contributed by atoms with van der Waals surface area (Å²) in [5.41, 5.74) is 3.94. The molecule has 29 heavy (non-hydrogen) atoms. The predicted molar refractivity (Wildman–Crippen MR) is 126 cm³/mol. The maximum atomic E-state index is 6.48. The number of benzene rings is 2. The lowest BCUT2D eigenvalue weighted by Gasteiger charge is -2.35. The Hall–Kier alpha value is -1.85. The second-order valence-electron chi connectivity index (χ2n) is 6.85. The summed E-state index contributed by atoms with van der Waals surface area (Å²) in [6.45, 7) is 8.46. The highest BCUT2D eigenvalue weighted by Gasteiger charge is 2.34. The fourth-order valence-corrected chi connectivity index (χ4v) is 5.22. The van der Waals surface area contributed by atoms with Crippen LogP contribution in [0.4, 0.5) is 0 Å². The molecule has 0 spiro atoms. The van der Waals surface area contributed by atoms with Crippen molar-refractivity contribution < 1.29 is 4.74 Å². The van der Waals surface area contributed by atoms with E-state index in [1.165, 1.54) is 5.56 Å². The zero-order chi connectivity index (χ0) is 21.1. The Labute approximate surface area is 187 Å². The van der Waals surface area contributed by atoms with Gasteiger partial charge >= 0.3 is 0 Å². The quantitative estimate of drug-likeness (QED) is 0.336. The molecule has 0 bridgehead atoms. The van der Waals surface area contributed by atoms with E-state index in [0.29, 0.717) is 15.8 Å². The Balaban J connectivity index is 2.02. The fraction of sp³-hybridized carbons (Fsp3) is 0.217. The molecule has 6 heteroatoms. The summed E-state index contributed by atoms with van der Waals surface area (Å²) in [6.07, 6.45) is 0.814. The average molecular weight is 447 g/mol. The summed E-state index contributed by atoms with van der Waals surface area (Å²) in [5, 5.41) is 5.50. The van der Waals surface area contributed by atoms with Crippen LogP contribution in [0.5, 0.6) is 0 Å². The van der Waals surface area contributed by atoms with Crippen LogP contribution in [0.25, 0.3) is 5.70 Å². The minimum atomic E-state index is 0.268. The first-order chi connectivity index (χ1) is 13.8. The van der Waals surface area contributed by atoms with Gasteiger partial charge in [0.05, 0.1) is 28.4 Å². The van der Waals surface area contributed by atoms with Gasteiger partial charge in [0.15, 0.2) is 0 Å². The Morgan fingerprint density at radius 1 is 1.10 bits per heavy atom. The van der Waals surface area contributed by atoms with Crippen molar-refractivity contribution in [1.82, 2.24) is 10.0 Å². The minimum Gasteiger partial charge on any atom is -0.496 e.